The van der Waals surface area contributed by atoms with E-state index in [4.69, 9.17) is 0 Å². The smallest absolute Gasteiger partial charge is 0.137 e. The van der Waals surface area contributed by atoms with Crippen LogP contribution in [0.4, 0.5) is 0 Å². The summed E-state index contributed by atoms with van der Waals surface area (Å²) in [5.74, 6) is 0. The van der Waals surface area contributed by atoms with Crippen molar-refractivity contribution < 1.29 is 4.79 Å². The van der Waals surface area contributed by atoms with Crippen LogP contribution in [-0.4, -0.2) is 55.4 Å². The highest BCUT2D eigenvalue weighted by molar-refractivity contribution is 9.10. The summed E-state index contributed by atoms with van der Waals surface area (Å²) >= 11 is 3.43. The molecule has 1 aliphatic rings. The van der Waals surface area contributed by atoms with Gasteiger partial charge in [-0.15, -0.1) is 0 Å². The molecule has 1 fully saturated rings. The minimum Gasteiger partial charge on any atom is -0.304 e. The highest BCUT2D eigenvalue weighted by Gasteiger charge is 2.22. The number of likely N-dealkylation sites (N-methyl/N-ethyl adjacent to an activating group) is 1. The number of piperazine rings is 1. The molecule has 0 radical (unpaired) electrons. The molecule has 0 N–H and O–H groups in total. The number of rotatable bonds is 4. The van der Waals surface area contributed by atoms with Crippen LogP contribution < -0.4 is 0 Å². The van der Waals surface area contributed by atoms with Crippen molar-refractivity contribution in [1.29, 1.82) is 0 Å². The van der Waals surface area contributed by atoms with Gasteiger partial charge in [0.15, 0.2) is 0 Å². The van der Waals surface area contributed by atoms with Crippen molar-refractivity contribution in [3.63, 3.8) is 0 Å². The Kier molecular flexibility index (Phi) is 4.92. The molecule has 2 rings (SSSR count). The van der Waals surface area contributed by atoms with E-state index >= 15 is 0 Å². The number of carbonyl (C=O) groups excluding carboxylic acids is 1. The summed E-state index contributed by atoms with van der Waals surface area (Å²) in [6.45, 7) is 4.06. The molecule has 0 spiro atoms. The van der Waals surface area contributed by atoms with Crippen LogP contribution in [0.3, 0.4) is 0 Å². The van der Waals surface area contributed by atoms with E-state index < -0.39 is 0 Å². The second-order valence-corrected chi connectivity index (χ2v) is 5.79. The molecule has 98 valence electrons. The zero-order valence-corrected chi connectivity index (χ0v) is 12.3. The number of hydrogen-bond acceptors (Lipinski definition) is 3. The van der Waals surface area contributed by atoms with Gasteiger partial charge in [-0.3, -0.25) is 4.90 Å². The molecule has 1 unspecified atom stereocenters. The van der Waals surface area contributed by atoms with Gasteiger partial charge in [-0.25, -0.2) is 0 Å². The van der Waals surface area contributed by atoms with E-state index in [-0.39, 0.29) is 6.04 Å². The predicted octanol–water partition coefficient (Wildman–Crippen LogP) is 1.81. The molecule has 1 saturated heterocycles. The largest absolute Gasteiger partial charge is 0.304 e. The van der Waals surface area contributed by atoms with E-state index in [9.17, 15) is 4.79 Å². The lowest BCUT2D eigenvalue weighted by molar-refractivity contribution is -0.113. The summed E-state index contributed by atoms with van der Waals surface area (Å²) in [4.78, 5) is 15.9. The Bertz CT molecular complexity index is 385. The van der Waals surface area contributed by atoms with Crippen molar-refractivity contribution in [2.75, 3.05) is 33.2 Å². The molecule has 1 atom stereocenters. The SMILES string of the molecule is CN1CCN(C(C=O)Cc2ccc(Br)cc2)CC1. The monoisotopic (exact) mass is 310 g/mol. The molecule has 0 aliphatic carbocycles. The summed E-state index contributed by atoms with van der Waals surface area (Å²) in [6.07, 6.45) is 1.90. The third-order valence-corrected chi connectivity index (χ3v) is 4.05. The van der Waals surface area contributed by atoms with E-state index in [0.717, 1.165) is 43.4 Å². The van der Waals surface area contributed by atoms with Crippen molar-refractivity contribution in [3.05, 3.63) is 34.3 Å². The van der Waals surface area contributed by atoms with Crippen LogP contribution in [-0.2, 0) is 11.2 Å². The predicted molar refractivity (Wildman–Crippen MR) is 76.8 cm³/mol. The second kappa shape index (κ2) is 6.45. The highest BCUT2D eigenvalue weighted by Crippen LogP contribution is 2.14. The number of hydrogen-bond donors (Lipinski definition) is 0. The first-order valence-electron chi connectivity index (χ1n) is 6.31. The summed E-state index contributed by atoms with van der Waals surface area (Å²) < 4.78 is 1.08. The first kappa shape index (κ1) is 13.7. The molecule has 3 nitrogen and oxygen atoms in total. The van der Waals surface area contributed by atoms with E-state index in [1.807, 2.05) is 12.1 Å². The molecule has 1 aromatic rings. The summed E-state index contributed by atoms with van der Waals surface area (Å²) in [7, 11) is 2.13. The van der Waals surface area contributed by atoms with Crippen molar-refractivity contribution in [3.8, 4) is 0 Å². The number of carbonyl (C=O) groups is 1. The van der Waals surface area contributed by atoms with Crippen LogP contribution in [0.25, 0.3) is 0 Å². The van der Waals surface area contributed by atoms with Crippen LogP contribution in [0.2, 0.25) is 0 Å². The first-order valence-corrected chi connectivity index (χ1v) is 7.10. The minimum absolute atomic E-state index is 0.0138. The lowest BCUT2D eigenvalue weighted by atomic mass is 10.1. The third-order valence-electron chi connectivity index (χ3n) is 3.52. The molecule has 0 bridgehead atoms. The third kappa shape index (κ3) is 3.64. The Labute approximate surface area is 117 Å². The van der Waals surface area contributed by atoms with Crippen LogP contribution in [0.15, 0.2) is 28.7 Å². The van der Waals surface area contributed by atoms with Gasteiger partial charge in [0.2, 0.25) is 0 Å². The molecule has 0 amide bonds. The van der Waals surface area contributed by atoms with Crippen LogP contribution in [0.5, 0.6) is 0 Å². The zero-order chi connectivity index (χ0) is 13.0. The van der Waals surface area contributed by atoms with Gasteiger partial charge in [0, 0.05) is 30.7 Å². The maximum atomic E-state index is 11.3. The molecular formula is C14H19BrN2O. The lowest BCUT2D eigenvalue weighted by Gasteiger charge is -2.35. The Morgan fingerprint density at radius 3 is 2.39 bits per heavy atom. The Morgan fingerprint density at radius 1 is 1.22 bits per heavy atom. The Balaban J connectivity index is 1.96. The normalized spacial score (nSPS) is 19.7. The van der Waals surface area contributed by atoms with Crippen molar-refractivity contribution in [1.82, 2.24) is 9.80 Å². The summed E-state index contributed by atoms with van der Waals surface area (Å²) in [5.41, 5.74) is 1.22. The van der Waals surface area contributed by atoms with Gasteiger partial charge >= 0.3 is 0 Å². The van der Waals surface area contributed by atoms with Gasteiger partial charge in [-0.2, -0.15) is 0 Å². The summed E-state index contributed by atoms with van der Waals surface area (Å²) in [6, 6.07) is 8.23. The number of benzene rings is 1. The van der Waals surface area contributed by atoms with Gasteiger partial charge in [-0.05, 0) is 31.2 Å². The summed E-state index contributed by atoms with van der Waals surface area (Å²) in [5, 5.41) is 0. The lowest BCUT2D eigenvalue weighted by Crippen LogP contribution is -2.50. The molecule has 0 aromatic heterocycles. The fourth-order valence-electron chi connectivity index (χ4n) is 2.28. The van der Waals surface area contributed by atoms with Crippen LogP contribution in [0.1, 0.15) is 5.56 Å². The number of aldehydes is 1. The standard InChI is InChI=1S/C14H19BrN2O/c1-16-6-8-17(9-7-16)14(11-18)10-12-2-4-13(15)5-3-12/h2-5,11,14H,6-10H2,1H3. The van der Waals surface area contributed by atoms with E-state index in [1.54, 1.807) is 0 Å². The van der Waals surface area contributed by atoms with Gasteiger partial charge in [0.25, 0.3) is 0 Å². The topological polar surface area (TPSA) is 23.6 Å². The molecule has 1 aromatic carbocycles. The van der Waals surface area contributed by atoms with Gasteiger partial charge < -0.3 is 9.69 Å². The molecular weight excluding hydrogens is 292 g/mol. The Hall–Kier alpha value is -0.710. The molecule has 1 heterocycles. The maximum absolute atomic E-state index is 11.3. The average Bonchev–Trinajstić information content (AvgIpc) is 2.39. The van der Waals surface area contributed by atoms with Crippen molar-refractivity contribution in [2.24, 2.45) is 0 Å². The van der Waals surface area contributed by atoms with E-state index in [1.165, 1.54) is 5.56 Å². The van der Waals surface area contributed by atoms with Crippen LogP contribution in [0, 0.1) is 0 Å². The quantitative estimate of drug-likeness (QED) is 0.792. The Morgan fingerprint density at radius 2 is 1.83 bits per heavy atom. The molecule has 0 saturated carbocycles. The van der Waals surface area contributed by atoms with Gasteiger partial charge in [0.1, 0.15) is 6.29 Å². The van der Waals surface area contributed by atoms with E-state index in [0.29, 0.717) is 0 Å². The highest BCUT2D eigenvalue weighted by atomic mass is 79.9. The van der Waals surface area contributed by atoms with E-state index in [2.05, 4.69) is 44.9 Å². The fraction of sp³-hybridized carbons (Fsp3) is 0.500. The average molecular weight is 311 g/mol. The zero-order valence-electron chi connectivity index (χ0n) is 10.7. The van der Waals surface area contributed by atoms with Crippen LogP contribution >= 0.6 is 15.9 Å². The number of halogens is 1. The van der Waals surface area contributed by atoms with Crippen molar-refractivity contribution >= 4 is 22.2 Å². The maximum Gasteiger partial charge on any atom is 0.137 e. The first-order chi connectivity index (χ1) is 8.69. The van der Waals surface area contributed by atoms with Gasteiger partial charge in [-0.1, -0.05) is 28.1 Å². The molecule has 4 heteroatoms. The molecule has 18 heavy (non-hydrogen) atoms. The fourth-order valence-corrected chi connectivity index (χ4v) is 2.54. The minimum atomic E-state index is 0.0138. The van der Waals surface area contributed by atoms with Gasteiger partial charge in [0.05, 0.1) is 6.04 Å². The second-order valence-electron chi connectivity index (χ2n) is 4.87. The molecule has 1 aliphatic heterocycles. The van der Waals surface area contributed by atoms with Crippen molar-refractivity contribution in [2.45, 2.75) is 12.5 Å². The number of nitrogens with zero attached hydrogens (tertiary/aromatic N) is 2.